The van der Waals surface area contributed by atoms with Crippen molar-refractivity contribution in [3.8, 4) is 6.07 Å². The lowest BCUT2D eigenvalue weighted by Crippen LogP contribution is -2.48. The van der Waals surface area contributed by atoms with Crippen LogP contribution >= 0.6 is 11.3 Å². The van der Waals surface area contributed by atoms with Crippen LogP contribution in [0.25, 0.3) is 0 Å². The highest BCUT2D eigenvalue weighted by Gasteiger charge is 2.41. The Kier molecular flexibility index (Phi) is 5.81. The Hall–Kier alpha value is -3.18. The van der Waals surface area contributed by atoms with E-state index in [1.165, 1.54) is 11.3 Å². The van der Waals surface area contributed by atoms with Gasteiger partial charge in [0.05, 0.1) is 29.5 Å². The maximum atomic E-state index is 12.8. The van der Waals surface area contributed by atoms with Gasteiger partial charge in [-0.25, -0.2) is 0 Å². The molecule has 2 aliphatic rings. The van der Waals surface area contributed by atoms with Crippen molar-refractivity contribution < 1.29 is 14.4 Å². The highest BCUT2D eigenvalue weighted by molar-refractivity contribution is 7.12. The van der Waals surface area contributed by atoms with Crippen molar-refractivity contribution in [2.24, 2.45) is 5.92 Å². The zero-order chi connectivity index (χ0) is 21.1. The molecule has 2 aliphatic heterocycles. The van der Waals surface area contributed by atoms with Crippen LogP contribution < -0.4 is 5.32 Å². The number of rotatable bonds is 5. The number of hydrogen-bond donors (Lipinski definition) is 1. The number of nitriles is 1. The van der Waals surface area contributed by atoms with Gasteiger partial charge in [-0.1, -0.05) is 18.2 Å². The zero-order valence-electron chi connectivity index (χ0n) is 16.4. The highest BCUT2D eigenvalue weighted by Crippen LogP contribution is 2.30. The van der Waals surface area contributed by atoms with E-state index >= 15 is 0 Å². The number of carbonyl (C=O) groups is 3. The lowest BCUT2D eigenvalue weighted by molar-refractivity contribution is -0.135. The fourth-order valence-corrected chi connectivity index (χ4v) is 4.84. The Bertz CT molecular complexity index is 981. The number of fused-ring (bicyclic) bond motifs is 2. The van der Waals surface area contributed by atoms with Crippen LogP contribution in [0.5, 0.6) is 0 Å². The second kappa shape index (κ2) is 8.67. The number of nitrogens with one attached hydrogen (secondary N) is 1. The van der Waals surface area contributed by atoms with Crippen molar-refractivity contribution in [1.82, 2.24) is 15.1 Å². The first-order valence-electron chi connectivity index (χ1n) is 9.91. The average Bonchev–Trinajstić information content (AvgIpc) is 3.40. The first-order valence-corrected chi connectivity index (χ1v) is 10.8. The number of thiophene rings is 1. The first-order chi connectivity index (χ1) is 14.5. The smallest absolute Gasteiger partial charge is 0.261 e. The zero-order valence-corrected chi connectivity index (χ0v) is 17.2. The summed E-state index contributed by atoms with van der Waals surface area (Å²) in [5.74, 6) is -0.0335. The predicted octanol–water partition coefficient (Wildman–Crippen LogP) is 1.65. The Morgan fingerprint density at radius 1 is 1.10 bits per heavy atom. The van der Waals surface area contributed by atoms with Crippen molar-refractivity contribution >= 4 is 29.1 Å². The van der Waals surface area contributed by atoms with E-state index < -0.39 is 0 Å². The molecular weight excluding hydrogens is 400 g/mol. The molecule has 7 nitrogen and oxygen atoms in total. The highest BCUT2D eigenvalue weighted by atomic mass is 32.1. The van der Waals surface area contributed by atoms with Crippen molar-refractivity contribution in [2.45, 2.75) is 18.9 Å². The molecule has 3 amide bonds. The number of amides is 3. The summed E-state index contributed by atoms with van der Waals surface area (Å²) in [5, 5.41) is 13.4. The molecule has 1 aromatic heterocycles. The third-order valence-electron chi connectivity index (χ3n) is 5.67. The summed E-state index contributed by atoms with van der Waals surface area (Å²) < 4.78 is 0. The van der Waals surface area contributed by atoms with Crippen molar-refractivity contribution in [2.75, 3.05) is 26.2 Å². The summed E-state index contributed by atoms with van der Waals surface area (Å²) in [5.41, 5.74) is 1.45. The first kappa shape index (κ1) is 20.1. The molecule has 30 heavy (non-hydrogen) atoms. The van der Waals surface area contributed by atoms with E-state index in [9.17, 15) is 14.4 Å². The minimum Gasteiger partial charge on any atom is -0.342 e. The van der Waals surface area contributed by atoms with Gasteiger partial charge in [-0.2, -0.15) is 5.26 Å². The fourth-order valence-electron chi connectivity index (χ4n) is 4.20. The molecule has 4 rings (SSSR count). The van der Waals surface area contributed by atoms with E-state index in [2.05, 4.69) is 11.4 Å². The molecule has 2 saturated heterocycles. The van der Waals surface area contributed by atoms with E-state index in [4.69, 9.17) is 5.26 Å². The van der Waals surface area contributed by atoms with Gasteiger partial charge in [0.15, 0.2) is 0 Å². The molecule has 0 saturated carbocycles. The maximum Gasteiger partial charge on any atom is 0.261 e. The lowest BCUT2D eigenvalue weighted by Gasteiger charge is -2.33. The van der Waals surface area contributed by atoms with Gasteiger partial charge in [0.1, 0.15) is 0 Å². The van der Waals surface area contributed by atoms with E-state index in [1.807, 2.05) is 15.2 Å². The number of nitrogens with zero attached hydrogens (tertiary/aromatic N) is 3. The lowest BCUT2D eigenvalue weighted by atomic mass is 9.99. The summed E-state index contributed by atoms with van der Waals surface area (Å²) in [6.45, 7) is 1.77. The second-order valence-corrected chi connectivity index (χ2v) is 8.69. The third-order valence-corrected chi connectivity index (χ3v) is 6.54. The van der Waals surface area contributed by atoms with Gasteiger partial charge in [-0.05, 0) is 41.5 Å². The maximum absolute atomic E-state index is 12.8. The molecule has 0 radical (unpaired) electrons. The van der Waals surface area contributed by atoms with Gasteiger partial charge in [0.2, 0.25) is 11.8 Å². The topological polar surface area (TPSA) is 93.5 Å². The van der Waals surface area contributed by atoms with Gasteiger partial charge in [-0.3, -0.25) is 14.4 Å². The molecule has 8 heteroatoms. The molecule has 2 aromatic rings. The molecular formula is C22H22N4O3S. The predicted molar refractivity (Wildman–Crippen MR) is 112 cm³/mol. The Morgan fingerprint density at radius 3 is 2.60 bits per heavy atom. The van der Waals surface area contributed by atoms with E-state index in [0.29, 0.717) is 30.1 Å². The fraction of sp³-hybridized carbons (Fsp3) is 0.364. The van der Waals surface area contributed by atoms with E-state index in [1.54, 1.807) is 36.4 Å². The number of carbonyl (C=O) groups excluding carboxylic acids is 3. The Balaban J connectivity index is 1.31. The molecule has 2 bridgehead atoms. The monoisotopic (exact) mass is 422 g/mol. The third kappa shape index (κ3) is 4.36. The molecule has 1 N–H and O–H groups in total. The van der Waals surface area contributed by atoms with Gasteiger partial charge in [-0.15, -0.1) is 11.3 Å². The SMILES string of the molecule is N#Cc1ccc(CC(=O)N2CC3CC(C2)N(C(=O)CNC(=O)c2cccs2)C3)cc1. The van der Waals surface area contributed by atoms with Gasteiger partial charge in [0.25, 0.3) is 5.91 Å². The minimum absolute atomic E-state index is 0.000181. The van der Waals surface area contributed by atoms with E-state index in [0.717, 1.165) is 12.0 Å². The van der Waals surface area contributed by atoms with Crippen LogP contribution in [0.1, 0.15) is 27.2 Å². The normalized spacial score (nSPS) is 20.0. The molecule has 0 spiro atoms. The van der Waals surface area contributed by atoms with Crippen LogP contribution in [-0.4, -0.2) is 59.7 Å². The van der Waals surface area contributed by atoms with Crippen LogP contribution in [0.2, 0.25) is 0 Å². The Morgan fingerprint density at radius 2 is 1.90 bits per heavy atom. The molecule has 154 valence electrons. The summed E-state index contributed by atoms with van der Waals surface area (Å²) in [7, 11) is 0. The van der Waals surface area contributed by atoms with Crippen LogP contribution in [0.3, 0.4) is 0 Å². The second-order valence-electron chi connectivity index (χ2n) is 7.75. The number of likely N-dealkylation sites (tertiary alicyclic amines) is 2. The van der Waals surface area contributed by atoms with Gasteiger partial charge in [0, 0.05) is 25.7 Å². The molecule has 0 aliphatic carbocycles. The van der Waals surface area contributed by atoms with Crippen molar-refractivity contribution in [1.29, 1.82) is 5.26 Å². The van der Waals surface area contributed by atoms with Crippen LogP contribution in [0.15, 0.2) is 41.8 Å². The number of hydrogen-bond acceptors (Lipinski definition) is 5. The molecule has 3 heterocycles. The van der Waals surface area contributed by atoms with Crippen molar-refractivity contribution in [3.63, 3.8) is 0 Å². The molecule has 2 fully saturated rings. The van der Waals surface area contributed by atoms with Crippen LogP contribution in [0.4, 0.5) is 0 Å². The van der Waals surface area contributed by atoms with Gasteiger partial charge < -0.3 is 15.1 Å². The number of benzene rings is 1. The Labute approximate surface area is 178 Å². The van der Waals surface area contributed by atoms with Gasteiger partial charge >= 0.3 is 0 Å². The summed E-state index contributed by atoms with van der Waals surface area (Å²) in [4.78, 5) is 41.7. The minimum atomic E-state index is -0.236. The van der Waals surface area contributed by atoms with Crippen molar-refractivity contribution in [3.05, 3.63) is 57.8 Å². The van der Waals surface area contributed by atoms with Crippen LogP contribution in [-0.2, 0) is 16.0 Å². The quantitative estimate of drug-likeness (QED) is 0.793. The molecule has 2 unspecified atom stereocenters. The summed E-state index contributed by atoms with van der Waals surface area (Å²) in [6.07, 6.45) is 1.18. The van der Waals surface area contributed by atoms with E-state index in [-0.39, 0.29) is 42.6 Å². The average molecular weight is 423 g/mol. The largest absolute Gasteiger partial charge is 0.342 e. The molecule has 1 aromatic carbocycles. The van der Waals surface area contributed by atoms with Crippen LogP contribution in [0, 0.1) is 17.2 Å². The molecule has 2 atom stereocenters. The number of piperidine rings is 1. The standard InChI is InChI=1S/C22H22N4O3S/c23-10-16-5-3-15(4-6-16)9-20(27)25-12-17-8-18(14-25)26(13-17)21(28)11-24-22(29)19-2-1-7-30-19/h1-7,17-18H,8-9,11-14H2,(H,24,29). The summed E-state index contributed by atoms with van der Waals surface area (Å²) in [6, 6.07) is 12.6. The summed E-state index contributed by atoms with van der Waals surface area (Å²) >= 11 is 1.34.